The molecule has 0 heterocycles. The zero-order valence-electron chi connectivity index (χ0n) is 8.32. The molecule has 1 aromatic rings. The maximum Gasteiger partial charge on any atom is 1.00 e. The van der Waals surface area contributed by atoms with Gasteiger partial charge in [-0.1, -0.05) is 24.3 Å². The average Bonchev–Trinajstić information content (AvgIpc) is 2.17. The minimum Gasteiger partial charge on any atom is -0.550 e. The van der Waals surface area contributed by atoms with Gasteiger partial charge in [0.2, 0.25) is 0 Å². The number of rotatable bonds is 1. The van der Waals surface area contributed by atoms with Crippen LogP contribution in [0.1, 0.15) is 17.5 Å². The SMILES string of the molecule is O=C([O-])C1CCc2ccccc2C1.[Li+]. The van der Waals surface area contributed by atoms with Crippen molar-refractivity contribution in [2.75, 3.05) is 0 Å². The van der Waals surface area contributed by atoms with Crippen LogP contribution in [0.2, 0.25) is 0 Å². The van der Waals surface area contributed by atoms with Gasteiger partial charge in [0.25, 0.3) is 0 Å². The van der Waals surface area contributed by atoms with E-state index in [4.69, 9.17) is 0 Å². The normalized spacial score (nSPS) is 19.3. The number of carboxylic acid groups (broad SMARTS) is 1. The molecular weight excluding hydrogens is 171 g/mol. The minimum absolute atomic E-state index is 0. The van der Waals surface area contributed by atoms with Crippen LogP contribution in [0.4, 0.5) is 0 Å². The molecule has 0 aliphatic heterocycles. The van der Waals surface area contributed by atoms with Crippen LogP contribution in [0.5, 0.6) is 0 Å². The molecular formula is C11H11LiO2. The Morgan fingerprint density at radius 1 is 1.29 bits per heavy atom. The Labute approximate surface area is 95.5 Å². The summed E-state index contributed by atoms with van der Waals surface area (Å²) in [5, 5.41) is 10.7. The van der Waals surface area contributed by atoms with E-state index in [2.05, 4.69) is 6.07 Å². The van der Waals surface area contributed by atoms with Gasteiger partial charge in [-0.3, -0.25) is 0 Å². The fraction of sp³-hybridized carbons (Fsp3) is 0.364. The van der Waals surface area contributed by atoms with Crippen molar-refractivity contribution >= 4 is 5.97 Å². The first-order valence-electron chi connectivity index (χ1n) is 4.55. The molecule has 0 radical (unpaired) electrons. The molecule has 2 nitrogen and oxygen atoms in total. The molecule has 0 saturated heterocycles. The topological polar surface area (TPSA) is 40.1 Å². The third-order valence-electron chi connectivity index (χ3n) is 2.68. The number of carbonyl (C=O) groups excluding carboxylic acids is 1. The number of carbonyl (C=O) groups is 1. The standard InChI is InChI=1S/C11H12O2.Li/c12-11(13)10-6-5-8-3-1-2-4-9(8)7-10;/h1-4,10H,5-7H2,(H,12,13);/q;+1/p-1. The molecule has 3 heteroatoms. The molecule has 1 aliphatic carbocycles. The Morgan fingerprint density at radius 3 is 2.57 bits per heavy atom. The first-order valence-corrected chi connectivity index (χ1v) is 4.55. The van der Waals surface area contributed by atoms with E-state index in [1.54, 1.807) is 0 Å². The second kappa shape index (κ2) is 4.68. The predicted molar refractivity (Wildman–Crippen MR) is 47.0 cm³/mol. The summed E-state index contributed by atoms with van der Waals surface area (Å²) in [6, 6.07) is 8.03. The molecule has 1 aliphatic rings. The Kier molecular flexibility index (Phi) is 3.80. The number of hydrogen-bond acceptors (Lipinski definition) is 2. The molecule has 0 bridgehead atoms. The second-order valence-corrected chi connectivity index (χ2v) is 3.53. The number of benzene rings is 1. The van der Waals surface area contributed by atoms with E-state index in [9.17, 15) is 9.90 Å². The van der Waals surface area contributed by atoms with Crippen LogP contribution >= 0.6 is 0 Å². The van der Waals surface area contributed by atoms with Gasteiger partial charge in [-0.25, -0.2) is 0 Å². The fourth-order valence-corrected chi connectivity index (χ4v) is 1.90. The number of aryl methyl sites for hydroxylation is 1. The van der Waals surface area contributed by atoms with E-state index in [-0.39, 0.29) is 24.8 Å². The molecule has 68 valence electrons. The van der Waals surface area contributed by atoms with Crippen LogP contribution < -0.4 is 24.0 Å². The van der Waals surface area contributed by atoms with Gasteiger partial charge >= 0.3 is 18.9 Å². The van der Waals surface area contributed by atoms with Crippen LogP contribution in [-0.2, 0) is 17.6 Å². The van der Waals surface area contributed by atoms with Crippen molar-refractivity contribution in [3.8, 4) is 0 Å². The summed E-state index contributed by atoms with van der Waals surface area (Å²) < 4.78 is 0. The summed E-state index contributed by atoms with van der Waals surface area (Å²) in [7, 11) is 0. The predicted octanol–water partition coefficient (Wildman–Crippen LogP) is -2.45. The van der Waals surface area contributed by atoms with E-state index >= 15 is 0 Å². The first kappa shape index (κ1) is 11.4. The monoisotopic (exact) mass is 182 g/mol. The van der Waals surface area contributed by atoms with Crippen molar-refractivity contribution in [3.05, 3.63) is 35.4 Å². The van der Waals surface area contributed by atoms with Gasteiger partial charge < -0.3 is 9.90 Å². The summed E-state index contributed by atoms with van der Waals surface area (Å²) >= 11 is 0. The van der Waals surface area contributed by atoms with Crippen molar-refractivity contribution in [1.29, 1.82) is 0 Å². The van der Waals surface area contributed by atoms with E-state index in [0.717, 1.165) is 12.8 Å². The summed E-state index contributed by atoms with van der Waals surface area (Å²) in [5.41, 5.74) is 2.46. The summed E-state index contributed by atoms with van der Waals surface area (Å²) in [4.78, 5) is 10.7. The van der Waals surface area contributed by atoms with Gasteiger partial charge in [0.15, 0.2) is 0 Å². The van der Waals surface area contributed by atoms with E-state index < -0.39 is 5.97 Å². The molecule has 0 amide bonds. The van der Waals surface area contributed by atoms with Crippen molar-refractivity contribution in [3.63, 3.8) is 0 Å². The van der Waals surface area contributed by atoms with Gasteiger partial charge in [-0.15, -0.1) is 0 Å². The summed E-state index contributed by atoms with van der Waals surface area (Å²) in [5.74, 6) is -1.19. The van der Waals surface area contributed by atoms with Crippen LogP contribution in [0.3, 0.4) is 0 Å². The number of aliphatic carboxylic acids is 1. The third-order valence-corrected chi connectivity index (χ3v) is 2.68. The van der Waals surface area contributed by atoms with Gasteiger partial charge in [0.1, 0.15) is 0 Å². The van der Waals surface area contributed by atoms with Crippen LogP contribution in [0.15, 0.2) is 24.3 Å². The molecule has 0 saturated carbocycles. The second-order valence-electron chi connectivity index (χ2n) is 3.53. The summed E-state index contributed by atoms with van der Waals surface area (Å²) in [6.45, 7) is 0. The maximum atomic E-state index is 10.7. The maximum absolute atomic E-state index is 10.7. The van der Waals surface area contributed by atoms with Crippen molar-refractivity contribution < 1.29 is 28.8 Å². The molecule has 0 fully saturated rings. The van der Waals surface area contributed by atoms with Crippen LogP contribution in [-0.4, -0.2) is 5.97 Å². The quantitative estimate of drug-likeness (QED) is 0.452. The Morgan fingerprint density at radius 2 is 1.93 bits per heavy atom. The molecule has 1 aromatic carbocycles. The van der Waals surface area contributed by atoms with Gasteiger partial charge in [0.05, 0.1) is 0 Å². The molecule has 0 N–H and O–H groups in total. The minimum atomic E-state index is -0.908. The molecule has 0 spiro atoms. The van der Waals surface area contributed by atoms with Crippen molar-refractivity contribution in [1.82, 2.24) is 0 Å². The van der Waals surface area contributed by atoms with Crippen LogP contribution in [0.25, 0.3) is 0 Å². The summed E-state index contributed by atoms with van der Waals surface area (Å²) in [6.07, 6.45) is 2.23. The van der Waals surface area contributed by atoms with Crippen molar-refractivity contribution in [2.45, 2.75) is 19.3 Å². The van der Waals surface area contributed by atoms with Crippen molar-refractivity contribution in [2.24, 2.45) is 5.92 Å². The van der Waals surface area contributed by atoms with Gasteiger partial charge in [0, 0.05) is 11.9 Å². The zero-order valence-corrected chi connectivity index (χ0v) is 8.32. The molecule has 2 rings (SSSR count). The number of hydrogen-bond donors (Lipinski definition) is 0. The Balaban J connectivity index is 0.000000980. The van der Waals surface area contributed by atoms with E-state index in [1.807, 2.05) is 18.2 Å². The van der Waals surface area contributed by atoms with Gasteiger partial charge in [-0.2, -0.15) is 0 Å². The largest absolute Gasteiger partial charge is 1.00 e. The van der Waals surface area contributed by atoms with Crippen LogP contribution in [0, 0.1) is 5.92 Å². The molecule has 0 aromatic heterocycles. The van der Waals surface area contributed by atoms with E-state index in [0.29, 0.717) is 6.42 Å². The molecule has 1 atom stereocenters. The Hall–Kier alpha value is -0.713. The fourth-order valence-electron chi connectivity index (χ4n) is 1.90. The number of carboxylic acids is 1. The Bertz CT molecular complexity index is 336. The molecule has 14 heavy (non-hydrogen) atoms. The zero-order chi connectivity index (χ0) is 9.26. The molecule has 1 unspecified atom stereocenters. The third kappa shape index (κ3) is 2.20. The average molecular weight is 182 g/mol. The van der Waals surface area contributed by atoms with E-state index in [1.165, 1.54) is 11.1 Å². The smallest absolute Gasteiger partial charge is 0.550 e. The first-order chi connectivity index (χ1) is 6.27. The number of fused-ring (bicyclic) bond motifs is 1. The van der Waals surface area contributed by atoms with Gasteiger partial charge in [-0.05, 0) is 30.4 Å².